The maximum Gasteiger partial charge on any atom is 0.142 e. The molecule has 2 aromatic heterocycles. The number of imidazole rings is 1. The van der Waals surface area contributed by atoms with E-state index in [0.717, 1.165) is 15.9 Å². The normalized spacial score (nSPS) is 13.0. The van der Waals surface area contributed by atoms with Crippen LogP contribution in [0.4, 0.5) is 0 Å². The first-order valence-corrected chi connectivity index (χ1v) is 5.18. The maximum atomic E-state index is 5.52. The van der Waals surface area contributed by atoms with E-state index in [1.54, 1.807) is 18.8 Å². The van der Waals surface area contributed by atoms with Crippen molar-refractivity contribution in [3.8, 4) is 0 Å². The molecule has 1 atom stereocenters. The van der Waals surface area contributed by atoms with Gasteiger partial charge >= 0.3 is 0 Å². The predicted octanol–water partition coefficient (Wildman–Crippen LogP) is 1.33. The van der Waals surface area contributed by atoms with Gasteiger partial charge in [0.15, 0.2) is 0 Å². The van der Waals surface area contributed by atoms with Crippen LogP contribution in [0.5, 0.6) is 0 Å². The highest BCUT2D eigenvalue weighted by molar-refractivity contribution is 9.10. The lowest BCUT2D eigenvalue weighted by atomic mass is 10.2. The summed E-state index contributed by atoms with van der Waals surface area (Å²) in [6, 6.07) is 1.62. The molecule has 1 unspecified atom stereocenters. The van der Waals surface area contributed by atoms with Gasteiger partial charge < -0.3 is 8.98 Å². The molecule has 0 aromatic carbocycles. The van der Waals surface area contributed by atoms with Crippen molar-refractivity contribution in [2.75, 3.05) is 0 Å². The molecular weight excluding hydrogens is 260 g/mol. The molecular formula is C9H11BrN4O. The topological polar surface area (TPSA) is 69.0 Å². The Balaban J connectivity index is 2.41. The number of halogens is 1. The van der Waals surface area contributed by atoms with E-state index >= 15 is 0 Å². The predicted molar refractivity (Wildman–Crippen MR) is 58.8 cm³/mol. The number of nitrogens with zero attached hydrogens (tertiary/aromatic N) is 2. The number of nitrogens with one attached hydrogen (secondary N) is 1. The second kappa shape index (κ2) is 4.18. The summed E-state index contributed by atoms with van der Waals surface area (Å²) in [4.78, 5) is 4.04. The van der Waals surface area contributed by atoms with Gasteiger partial charge in [0.05, 0.1) is 29.0 Å². The minimum atomic E-state index is -0.207. The summed E-state index contributed by atoms with van der Waals surface area (Å²) in [6.45, 7) is 0. The van der Waals surface area contributed by atoms with Gasteiger partial charge in [-0.15, -0.1) is 0 Å². The average Bonchev–Trinajstić information content (AvgIpc) is 2.80. The SMILES string of the molecule is Cn1cncc1C(NN)c1occc1Br. The van der Waals surface area contributed by atoms with Crippen LogP contribution in [0.25, 0.3) is 0 Å². The van der Waals surface area contributed by atoms with Crippen LogP contribution in [0.15, 0.2) is 33.7 Å². The molecule has 80 valence electrons. The standard InChI is InChI=1S/C9H11BrN4O/c1-14-5-12-4-7(14)8(13-11)9-6(10)2-3-15-9/h2-5,8,13H,11H2,1H3. The van der Waals surface area contributed by atoms with E-state index in [2.05, 4.69) is 26.3 Å². The van der Waals surface area contributed by atoms with Gasteiger partial charge in [-0.2, -0.15) is 0 Å². The molecule has 0 radical (unpaired) electrons. The lowest BCUT2D eigenvalue weighted by Crippen LogP contribution is -2.30. The molecule has 6 heteroatoms. The lowest BCUT2D eigenvalue weighted by molar-refractivity contribution is 0.439. The third-order valence-corrected chi connectivity index (χ3v) is 2.88. The molecule has 2 aromatic rings. The van der Waals surface area contributed by atoms with E-state index in [0.29, 0.717) is 0 Å². The van der Waals surface area contributed by atoms with Gasteiger partial charge in [-0.25, -0.2) is 10.4 Å². The van der Waals surface area contributed by atoms with Crippen LogP contribution in [-0.4, -0.2) is 9.55 Å². The number of aromatic nitrogens is 2. The van der Waals surface area contributed by atoms with Crippen molar-refractivity contribution in [2.45, 2.75) is 6.04 Å². The van der Waals surface area contributed by atoms with Gasteiger partial charge in [0.25, 0.3) is 0 Å². The molecule has 0 saturated carbocycles. The fourth-order valence-electron chi connectivity index (χ4n) is 1.45. The minimum absolute atomic E-state index is 0.207. The van der Waals surface area contributed by atoms with Crippen LogP contribution in [-0.2, 0) is 7.05 Å². The van der Waals surface area contributed by atoms with Gasteiger partial charge in [-0.3, -0.25) is 5.84 Å². The first kappa shape index (κ1) is 10.4. The number of rotatable bonds is 3. The van der Waals surface area contributed by atoms with Crippen LogP contribution >= 0.6 is 15.9 Å². The van der Waals surface area contributed by atoms with Crippen LogP contribution in [0.1, 0.15) is 17.5 Å². The van der Waals surface area contributed by atoms with Crippen molar-refractivity contribution < 1.29 is 4.42 Å². The van der Waals surface area contributed by atoms with Gasteiger partial charge in [0, 0.05) is 7.05 Å². The Bertz CT molecular complexity index is 410. The smallest absolute Gasteiger partial charge is 0.142 e. The molecule has 2 heterocycles. The Morgan fingerprint density at radius 2 is 2.47 bits per heavy atom. The van der Waals surface area contributed by atoms with Crippen molar-refractivity contribution in [3.63, 3.8) is 0 Å². The van der Waals surface area contributed by atoms with Crippen molar-refractivity contribution in [1.29, 1.82) is 0 Å². The molecule has 3 N–H and O–H groups in total. The lowest BCUT2D eigenvalue weighted by Gasteiger charge is -2.14. The van der Waals surface area contributed by atoms with Gasteiger partial charge in [-0.1, -0.05) is 0 Å². The van der Waals surface area contributed by atoms with Crippen molar-refractivity contribution >= 4 is 15.9 Å². The first-order chi connectivity index (χ1) is 7.24. The summed E-state index contributed by atoms with van der Waals surface area (Å²) in [5.41, 5.74) is 3.64. The molecule has 0 saturated heterocycles. The summed E-state index contributed by atoms with van der Waals surface area (Å²) in [5.74, 6) is 6.26. The Morgan fingerprint density at radius 3 is 2.93 bits per heavy atom. The maximum absolute atomic E-state index is 5.52. The van der Waals surface area contributed by atoms with Crippen LogP contribution in [0, 0.1) is 0 Å². The summed E-state index contributed by atoms with van der Waals surface area (Å²) in [7, 11) is 1.91. The highest BCUT2D eigenvalue weighted by Crippen LogP contribution is 2.28. The molecule has 0 amide bonds. The quantitative estimate of drug-likeness (QED) is 0.652. The Labute approximate surface area is 95.4 Å². The largest absolute Gasteiger partial charge is 0.466 e. The van der Waals surface area contributed by atoms with E-state index in [1.165, 1.54) is 0 Å². The average molecular weight is 271 g/mol. The molecule has 0 aliphatic carbocycles. The second-order valence-electron chi connectivity index (χ2n) is 3.16. The third-order valence-electron chi connectivity index (χ3n) is 2.22. The second-order valence-corrected chi connectivity index (χ2v) is 4.02. The molecule has 0 aliphatic rings. The molecule has 2 rings (SSSR count). The molecule has 0 spiro atoms. The molecule has 15 heavy (non-hydrogen) atoms. The molecule has 0 aliphatic heterocycles. The minimum Gasteiger partial charge on any atom is -0.466 e. The third kappa shape index (κ3) is 1.83. The monoisotopic (exact) mass is 270 g/mol. The number of aryl methyl sites for hydroxylation is 1. The summed E-state index contributed by atoms with van der Waals surface area (Å²) in [5, 5.41) is 0. The molecule has 5 nitrogen and oxygen atoms in total. The first-order valence-electron chi connectivity index (χ1n) is 4.39. The van der Waals surface area contributed by atoms with Gasteiger partial charge in [-0.05, 0) is 22.0 Å². The van der Waals surface area contributed by atoms with Gasteiger partial charge in [0.1, 0.15) is 11.8 Å². The highest BCUT2D eigenvalue weighted by atomic mass is 79.9. The van der Waals surface area contributed by atoms with Crippen LogP contribution in [0.2, 0.25) is 0 Å². The van der Waals surface area contributed by atoms with Crippen molar-refractivity contribution in [2.24, 2.45) is 12.9 Å². The van der Waals surface area contributed by atoms with Crippen molar-refractivity contribution in [3.05, 3.63) is 40.8 Å². The van der Waals surface area contributed by atoms with E-state index in [4.69, 9.17) is 10.3 Å². The van der Waals surface area contributed by atoms with Gasteiger partial charge in [0.2, 0.25) is 0 Å². The number of furan rings is 1. The molecule has 0 fully saturated rings. The fourth-order valence-corrected chi connectivity index (χ4v) is 1.88. The number of hydrogen-bond acceptors (Lipinski definition) is 4. The number of hydrazine groups is 1. The zero-order valence-corrected chi connectivity index (χ0v) is 9.73. The fraction of sp³-hybridized carbons (Fsp3) is 0.222. The summed E-state index contributed by atoms with van der Waals surface area (Å²) >= 11 is 3.40. The summed E-state index contributed by atoms with van der Waals surface area (Å²) < 4.78 is 8.14. The Hall–Kier alpha value is -1.11. The van der Waals surface area contributed by atoms with E-state index in [1.807, 2.05) is 17.7 Å². The highest BCUT2D eigenvalue weighted by Gasteiger charge is 2.21. The zero-order chi connectivity index (χ0) is 10.8. The van der Waals surface area contributed by atoms with Crippen LogP contribution < -0.4 is 11.3 Å². The van der Waals surface area contributed by atoms with Crippen molar-refractivity contribution in [1.82, 2.24) is 15.0 Å². The van der Waals surface area contributed by atoms with Crippen LogP contribution in [0.3, 0.4) is 0 Å². The van der Waals surface area contributed by atoms with E-state index < -0.39 is 0 Å². The zero-order valence-electron chi connectivity index (χ0n) is 8.14. The summed E-state index contributed by atoms with van der Waals surface area (Å²) in [6.07, 6.45) is 5.08. The van der Waals surface area contributed by atoms with E-state index in [-0.39, 0.29) is 6.04 Å². The molecule has 0 bridgehead atoms. The number of hydrogen-bond donors (Lipinski definition) is 2. The Kier molecular flexibility index (Phi) is 2.90. The van der Waals surface area contributed by atoms with E-state index in [9.17, 15) is 0 Å². The number of nitrogens with two attached hydrogens (primary N) is 1. The Morgan fingerprint density at radius 1 is 1.67 bits per heavy atom.